The van der Waals surface area contributed by atoms with E-state index < -0.39 is 5.97 Å². The molecule has 2 nitrogen and oxygen atoms in total. The van der Waals surface area contributed by atoms with Crippen molar-refractivity contribution in [1.29, 1.82) is 0 Å². The Morgan fingerprint density at radius 1 is 1.21 bits per heavy atom. The summed E-state index contributed by atoms with van der Waals surface area (Å²) in [6.45, 7) is 2.24. The van der Waals surface area contributed by atoms with Crippen molar-refractivity contribution in [3.8, 4) is 11.1 Å². The van der Waals surface area contributed by atoms with Gasteiger partial charge in [-0.1, -0.05) is 49.4 Å². The van der Waals surface area contributed by atoms with Crippen molar-refractivity contribution in [2.75, 3.05) is 0 Å². The monoisotopic (exact) mass is 252 g/mol. The molecule has 0 amide bonds. The molecule has 0 saturated carbocycles. The number of hydrogen-bond donors (Lipinski definition) is 1. The van der Waals surface area contributed by atoms with E-state index in [0.717, 1.165) is 12.0 Å². The van der Waals surface area contributed by atoms with Gasteiger partial charge in [-0.2, -0.15) is 0 Å². The Kier molecular flexibility index (Phi) is 2.86. The maximum absolute atomic E-state index is 10.8. The van der Waals surface area contributed by atoms with Crippen molar-refractivity contribution >= 4 is 5.97 Å². The Bertz CT molecular complexity index is 643. The largest absolute Gasteiger partial charge is 0.481 e. The molecule has 0 bridgehead atoms. The lowest BCUT2D eigenvalue weighted by Gasteiger charge is -2.25. The second-order valence-corrected chi connectivity index (χ2v) is 5.25. The fraction of sp³-hybridized carbons (Fsp3) is 0.235. The standard InChI is InChI=1S/C17H16O2/c1-11-8-13-7-6-12(10-17(18)19)9-16(13)15-5-3-2-4-14(11)15/h2-7,9,11H,8,10H2,1H3,(H,18,19). The third-order valence-electron chi connectivity index (χ3n) is 3.84. The molecule has 0 saturated heterocycles. The van der Waals surface area contributed by atoms with E-state index in [9.17, 15) is 4.79 Å². The Morgan fingerprint density at radius 2 is 2.00 bits per heavy atom. The van der Waals surface area contributed by atoms with Gasteiger partial charge in [0, 0.05) is 0 Å². The highest BCUT2D eigenvalue weighted by Crippen LogP contribution is 2.39. The van der Waals surface area contributed by atoms with Gasteiger partial charge in [0.05, 0.1) is 6.42 Å². The lowest BCUT2D eigenvalue weighted by atomic mass is 9.79. The first-order valence-electron chi connectivity index (χ1n) is 6.58. The van der Waals surface area contributed by atoms with Gasteiger partial charge in [0.1, 0.15) is 0 Å². The van der Waals surface area contributed by atoms with Gasteiger partial charge in [0.2, 0.25) is 0 Å². The van der Waals surface area contributed by atoms with Crippen LogP contribution < -0.4 is 0 Å². The average Bonchev–Trinajstić information content (AvgIpc) is 2.39. The molecule has 2 aromatic carbocycles. The lowest BCUT2D eigenvalue weighted by molar-refractivity contribution is -0.136. The summed E-state index contributed by atoms with van der Waals surface area (Å²) in [6.07, 6.45) is 1.12. The van der Waals surface area contributed by atoms with Crippen LogP contribution in [0.5, 0.6) is 0 Å². The molecule has 0 aromatic heterocycles. The van der Waals surface area contributed by atoms with Gasteiger partial charge in [-0.3, -0.25) is 4.79 Å². The minimum absolute atomic E-state index is 0.0883. The zero-order chi connectivity index (χ0) is 13.4. The quantitative estimate of drug-likeness (QED) is 0.886. The van der Waals surface area contributed by atoms with Crippen LogP contribution in [0.2, 0.25) is 0 Å². The van der Waals surface area contributed by atoms with Gasteiger partial charge in [0.15, 0.2) is 0 Å². The molecule has 1 aliphatic rings. The molecule has 2 aromatic rings. The third-order valence-corrected chi connectivity index (χ3v) is 3.84. The van der Waals surface area contributed by atoms with Crippen LogP contribution in [-0.4, -0.2) is 11.1 Å². The highest BCUT2D eigenvalue weighted by molar-refractivity contribution is 5.76. The van der Waals surface area contributed by atoms with E-state index in [2.05, 4.69) is 31.2 Å². The first-order chi connectivity index (χ1) is 9.15. The van der Waals surface area contributed by atoms with Crippen LogP contribution in [0.15, 0.2) is 42.5 Å². The van der Waals surface area contributed by atoms with Crippen LogP contribution in [-0.2, 0) is 17.6 Å². The maximum Gasteiger partial charge on any atom is 0.307 e. The van der Waals surface area contributed by atoms with Gasteiger partial charge < -0.3 is 5.11 Å². The van der Waals surface area contributed by atoms with E-state index in [4.69, 9.17) is 5.11 Å². The number of carboxylic acid groups (broad SMARTS) is 1. The molecule has 1 N–H and O–H groups in total. The van der Waals surface area contributed by atoms with Crippen LogP contribution in [0, 0.1) is 0 Å². The third kappa shape index (κ3) is 2.14. The van der Waals surface area contributed by atoms with Gasteiger partial charge in [0.25, 0.3) is 0 Å². The van der Waals surface area contributed by atoms with Crippen LogP contribution in [0.3, 0.4) is 0 Å². The van der Waals surface area contributed by atoms with E-state index in [1.165, 1.54) is 22.3 Å². The fourth-order valence-electron chi connectivity index (χ4n) is 2.95. The summed E-state index contributed by atoms with van der Waals surface area (Å²) in [7, 11) is 0. The smallest absolute Gasteiger partial charge is 0.307 e. The minimum Gasteiger partial charge on any atom is -0.481 e. The summed E-state index contributed by atoms with van der Waals surface area (Å²) in [4.78, 5) is 10.8. The Morgan fingerprint density at radius 3 is 2.79 bits per heavy atom. The predicted molar refractivity (Wildman–Crippen MR) is 75.3 cm³/mol. The van der Waals surface area contributed by atoms with Crippen molar-refractivity contribution in [2.24, 2.45) is 0 Å². The molecule has 96 valence electrons. The Balaban J connectivity index is 2.13. The van der Waals surface area contributed by atoms with Crippen molar-refractivity contribution in [3.05, 3.63) is 59.2 Å². The van der Waals surface area contributed by atoms with E-state index in [-0.39, 0.29) is 6.42 Å². The highest BCUT2D eigenvalue weighted by Gasteiger charge is 2.21. The van der Waals surface area contributed by atoms with E-state index in [1.54, 1.807) is 0 Å². The summed E-state index contributed by atoms with van der Waals surface area (Å²) >= 11 is 0. The molecule has 1 aliphatic carbocycles. The fourth-order valence-corrected chi connectivity index (χ4v) is 2.95. The van der Waals surface area contributed by atoms with Gasteiger partial charge >= 0.3 is 5.97 Å². The zero-order valence-corrected chi connectivity index (χ0v) is 10.9. The zero-order valence-electron chi connectivity index (χ0n) is 10.9. The van der Waals surface area contributed by atoms with Crippen LogP contribution in [0.1, 0.15) is 29.5 Å². The van der Waals surface area contributed by atoms with Crippen LogP contribution >= 0.6 is 0 Å². The summed E-state index contributed by atoms with van der Waals surface area (Å²) in [6, 6.07) is 14.5. The summed E-state index contributed by atoms with van der Waals surface area (Å²) < 4.78 is 0. The van der Waals surface area contributed by atoms with Gasteiger partial charge in [-0.05, 0) is 40.2 Å². The number of hydrogen-bond acceptors (Lipinski definition) is 1. The minimum atomic E-state index is -0.780. The topological polar surface area (TPSA) is 37.3 Å². The first kappa shape index (κ1) is 12.0. The molecular formula is C17H16O2. The summed E-state index contributed by atoms with van der Waals surface area (Å²) in [5.74, 6) is -0.258. The molecule has 2 heteroatoms. The lowest BCUT2D eigenvalue weighted by Crippen LogP contribution is -2.09. The molecule has 1 atom stereocenters. The first-order valence-corrected chi connectivity index (χ1v) is 6.58. The molecule has 19 heavy (non-hydrogen) atoms. The summed E-state index contributed by atoms with van der Waals surface area (Å²) in [5.41, 5.74) is 6.01. The summed E-state index contributed by atoms with van der Waals surface area (Å²) in [5, 5.41) is 8.91. The van der Waals surface area contributed by atoms with E-state index in [1.807, 2.05) is 18.2 Å². The maximum atomic E-state index is 10.8. The van der Waals surface area contributed by atoms with E-state index in [0.29, 0.717) is 5.92 Å². The molecule has 0 fully saturated rings. The van der Waals surface area contributed by atoms with Crippen molar-refractivity contribution in [3.63, 3.8) is 0 Å². The van der Waals surface area contributed by atoms with Gasteiger partial charge in [-0.25, -0.2) is 0 Å². The van der Waals surface area contributed by atoms with Crippen molar-refractivity contribution in [1.82, 2.24) is 0 Å². The molecule has 0 aliphatic heterocycles. The SMILES string of the molecule is CC1Cc2ccc(CC(=O)O)cc2-c2ccccc21. The number of fused-ring (bicyclic) bond motifs is 3. The molecule has 0 radical (unpaired) electrons. The van der Waals surface area contributed by atoms with Crippen LogP contribution in [0.25, 0.3) is 11.1 Å². The average molecular weight is 252 g/mol. The Hall–Kier alpha value is -2.09. The number of carbonyl (C=O) groups is 1. The number of aliphatic carboxylic acids is 1. The van der Waals surface area contributed by atoms with E-state index >= 15 is 0 Å². The second-order valence-electron chi connectivity index (χ2n) is 5.25. The van der Waals surface area contributed by atoms with Crippen molar-refractivity contribution in [2.45, 2.75) is 25.7 Å². The van der Waals surface area contributed by atoms with Crippen molar-refractivity contribution < 1.29 is 9.90 Å². The number of rotatable bonds is 2. The normalized spacial score (nSPS) is 16.6. The van der Waals surface area contributed by atoms with Gasteiger partial charge in [-0.15, -0.1) is 0 Å². The number of carboxylic acids is 1. The second kappa shape index (κ2) is 4.54. The number of benzene rings is 2. The predicted octanol–water partition coefficient (Wildman–Crippen LogP) is 3.64. The molecule has 1 unspecified atom stereocenters. The van der Waals surface area contributed by atoms with Crippen LogP contribution in [0.4, 0.5) is 0 Å². The molecule has 3 rings (SSSR count). The highest BCUT2D eigenvalue weighted by atomic mass is 16.4. The molecule has 0 spiro atoms. The Labute approximate surface area is 112 Å². The molecule has 0 heterocycles. The molecular weight excluding hydrogens is 236 g/mol.